The predicted octanol–water partition coefficient (Wildman–Crippen LogP) is 3.58. The van der Waals surface area contributed by atoms with Crippen LogP contribution in [0, 0.1) is 28.6 Å². The summed E-state index contributed by atoms with van der Waals surface area (Å²) >= 11 is 0. The second-order valence-electron chi connectivity index (χ2n) is 14.9. The zero-order valence-corrected chi connectivity index (χ0v) is 24.8. The molecule has 41 heavy (non-hydrogen) atoms. The van der Waals surface area contributed by atoms with Gasteiger partial charge in [-0.2, -0.15) is 0 Å². The van der Waals surface area contributed by atoms with Crippen molar-refractivity contribution < 1.29 is 43.5 Å². The van der Waals surface area contributed by atoms with Crippen molar-refractivity contribution >= 4 is 12.3 Å². The Labute approximate surface area is 242 Å². The van der Waals surface area contributed by atoms with Gasteiger partial charge in [-0.1, -0.05) is 6.92 Å². The summed E-state index contributed by atoms with van der Waals surface area (Å²) in [7, 11) is 0. The molecule has 9 heteroatoms. The van der Waals surface area contributed by atoms with E-state index in [0.29, 0.717) is 51.6 Å². The minimum Gasteiger partial charge on any atom is -0.458 e. The fraction of sp³-hybridized carbons (Fsp3) is 0.875. The van der Waals surface area contributed by atoms with Crippen LogP contribution in [0.3, 0.4) is 0 Å². The van der Waals surface area contributed by atoms with E-state index in [4.69, 9.17) is 23.7 Å². The highest BCUT2D eigenvalue weighted by molar-refractivity contribution is 5.85. The van der Waals surface area contributed by atoms with Crippen LogP contribution >= 0.6 is 0 Å². The van der Waals surface area contributed by atoms with Crippen molar-refractivity contribution in [2.24, 2.45) is 28.6 Å². The van der Waals surface area contributed by atoms with Gasteiger partial charge >= 0.3 is 5.97 Å². The molecule has 0 aromatic rings. The van der Waals surface area contributed by atoms with Crippen molar-refractivity contribution in [2.75, 3.05) is 6.61 Å². The van der Waals surface area contributed by atoms with Crippen LogP contribution in [-0.2, 0) is 33.3 Å². The molecule has 12 atom stereocenters. The number of esters is 1. The molecule has 6 fully saturated rings. The van der Waals surface area contributed by atoms with Gasteiger partial charge < -0.3 is 38.7 Å². The number of carbonyl (C=O) groups excluding carboxylic acids is 2. The zero-order chi connectivity index (χ0) is 29.0. The molecule has 0 bridgehead atoms. The molecule has 7 rings (SSSR count). The molecular weight excluding hydrogens is 528 g/mol. The fourth-order valence-corrected chi connectivity index (χ4v) is 10.7. The van der Waals surface area contributed by atoms with Gasteiger partial charge in [-0.05, 0) is 95.5 Å². The summed E-state index contributed by atoms with van der Waals surface area (Å²) in [5.41, 5.74) is -2.44. The first-order valence-corrected chi connectivity index (χ1v) is 15.8. The highest BCUT2D eigenvalue weighted by atomic mass is 16.8. The molecular formula is C32H46O9. The molecule has 2 saturated heterocycles. The molecule has 9 nitrogen and oxygen atoms in total. The van der Waals surface area contributed by atoms with E-state index in [1.807, 2.05) is 20.8 Å². The standard InChI is InChI=1S/C32H46O9/c1-18-27-24(40-28(2,3)41-27)14-26(38-18)39-20-5-10-30(17-33)22-6-9-29(4)21(19-13-25(34)37-16-19)8-12-32(29,36)23(22)7-11-31(30,35)15-20/h13,17-18,20-24,26-27,35-36H,5-12,14-16H2,1-4H3/t18?,20?,21?,22-,23+,24?,26?,27?,29?,30?,31?,32?/m0/s1. The summed E-state index contributed by atoms with van der Waals surface area (Å²) in [6.07, 6.45) is 7.78. The van der Waals surface area contributed by atoms with Crippen LogP contribution in [0.15, 0.2) is 11.6 Å². The highest BCUT2D eigenvalue weighted by Crippen LogP contribution is 2.70. The molecule has 0 aromatic carbocycles. The van der Waals surface area contributed by atoms with E-state index in [1.165, 1.54) is 0 Å². The Morgan fingerprint density at radius 1 is 1.00 bits per heavy atom. The smallest absolute Gasteiger partial charge is 0.331 e. The van der Waals surface area contributed by atoms with Crippen LogP contribution in [0.1, 0.15) is 91.9 Å². The number of hydrogen-bond acceptors (Lipinski definition) is 9. The number of rotatable bonds is 4. The van der Waals surface area contributed by atoms with Crippen LogP contribution in [-0.4, -0.2) is 76.8 Å². The van der Waals surface area contributed by atoms with E-state index in [-0.39, 0.29) is 53.6 Å². The number of aliphatic hydroxyl groups is 2. The Kier molecular flexibility index (Phi) is 6.46. The van der Waals surface area contributed by atoms with Gasteiger partial charge in [0.25, 0.3) is 0 Å². The molecule has 0 aromatic heterocycles. The maximum Gasteiger partial charge on any atom is 0.331 e. The summed E-state index contributed by atoms with van der Waals surface area (Å²) in [5, 5.41) is 24.7. The van der Waals surface area contributed by atoms with E-state index in [0.717, 1.165) is 31.1 Å². The van der Waals surface area contributed by atoms with Crippen molar-refractivity contribution in [2.45, 2.75) is 140 Å². The van der Waals surface area contributed by atoms with E-state index < -0.39 is 28.7 Å². The molecule has 3 heterocycles. The third kappa shape index (κ3) is 4.02. The van der Waals surface area contributed by atoms with Crippen LogP contribution in [0.25, 0.3) is 0 Å². The number of cyclic esters (lactones) is 1. The van der Waals surface area contributed by atoms with Crippen molar-refractivity contribution in [3.05, 3.63) is 11.6 Å². The summed E-state index contributed by atoms with van der Waals surface area (Å²) in [6, 6.07) is 0. The number of aldehydes is 1. The molecule has 228 valence electrons. The molecule has 7 aliphatic rings. The zero-order valence-electron chi connectivity index (χ0n) is 24.8. The number of ether oxygens (including phenoxy) is 5. The number of carbonyl (C=O) groups is 2. The average molecular weight is 575 g/mol. The molecule has 0 amide bonds. The van der Waals surface area contributed by atoms with Crippen molar-refractivity contribution in [1.82, 2.24) is 0 Å². The van der Waals surface area contributed by atoms with Crippen LogP contribution in [0.5, 0.6) is 0 Å². The largest absolute Gasteiger partial charge is 0.458 e. The first kappa shape index (κ1) is 28.4. The van der Waals surface area contributed by atoms with Crippen molar-refractivity contribution in [3.63, 3.8) is 0 Å². The van der Waals surface area contributed by atoms with Crippen LogP contribution in [0.4, 0.5) is 0 Å². The summed E-state index contributed by atoms with van der Waals surface area (Å²) in [5.74, 6) is -1.02. The van der Waals surface area contributed by atoms with E-state index in [1.54, 1.807) is 6.08 Å². The fourth-order valence-electron chi connectivity index (χ4n) is 10.7. The molecule has 2 N–H and O–H groups in total. The van der Waals surface area contributed by atoms with E-state index in [9.17, 15) is 19.8 Å². The van der Waals surface area contributed by atoms with Gasteiger partial charge in [0, 0.05) is 24.3 Å². The maximum atomic E-state index is 13.1. The Bertz CT molecular complexity index is 1140. The van der Waals surface area contributed by atoms with Gasteiger partial charge in [-0.25, -0.2) is 4.79 Å². The minimum atomic E-state index is -1.19. The summed E-state index contributed by atoms with van der Waals surface area (Å²) in [4.78, 5) is 24.9. The van der Waals surface area contributed by atoms with Crippen molar-refractivity contribution in [3.8, 4) is 0 Å². The van der Waals surface area contributed by atoms with Gasteiger partial charge in [-0.3, -0.25) is 0 Å². The molecule has 4 saturated carbocycles. The molecule has 3 aliphatic heterocycles. The number of hydrogen-bond donors (Lipinski definition) is 2. The van der Waals surface area contributed by atoms with Crippen LogP contribution in [0.2, 0.25) is 0 Å². The van der Waals surface area contributed by atoms with Gasteiger partial charge in [0.1, 0.15) is 19.0 Å². The van der Waals surface area contributed by atoms with Crippen molar-refractivity contribution in [1.29, 1.82) is 0 Å². The Morgan fingerprint density at radius 3 is 2.51 bits per heavy atom. The molecule has 10 unspecified atom stereocenters. The Hall–Kier alpha value is -1.36. The second-order valence-corrected chi connectivity index (χ2v) is 14.9. The lowest BCUT2D eigenvalue weighted by atomic mass is 9.41. The highest BCUT2D eigenvalue weighted by Gasteiger charge is 2.71. The SMILES string of the molecule is CC1OC(OC2CCC3(C=O)[C@H]4CCC5(C)C(C6=CC(=O)OC6)CCC5(O)[C@@H]4CCC3(O)C2)CC2OC(C)(C)OC12. The lowest BCUT2D eigenvalue weighted by molar-refractivity contribution is -0.278. The average Bonchev–Trinajstić information content (AvgIpc) is 3.55. The predicted molar refractivity (Wildman–Crippen MR) is 145 cm³/mol. The third-order valence-electron chi connectivity index (χ3n) is 12.7. The van der Waals surface area contributed by atoms with Crippen LogP contribution < -0.4 is 0 Å². The topological polar surface area (TPSA) is 121 Å². The van der Waals surface area contributed by atoms with Gasteiger partial charge in [-0.15, -0.1) is 0 Å². The van der Waals surface area contributed by atoms with E-state index >= 15 is 0 Å². The third-order valence-corrected chi connectivity index (χ3v) is 12.7. The normalized spacial score (nSPS) is 53.9. The summed E-state index contributed by atoms with van der Waals surface area (Å²) in [6.45, 7) is 8.28. The second kappa shape index (κ2) is 9.32. The first-order valence-electron chi connectivity index (χ1n) is 15.8. The molecule has 4 aliphatic carbocycles. The van der Waals surface area contributed by atoms with Gasteiger partial charge in [0.2, 0.25) is 0 Å². The maximum absolute atomic E-state index is 13.1. The summed E-state index contributed by atoms with van der Waals surface area (Å²) < 4.78 is 30.0. The lowest BCUT2D eigenvalue weighted by Crippen LogP contribution is -2.69. The quantitative estimate of drug-likeness (QED) is 0.295. The van der Waals surface area contributed by atoms with Gasteiger partial charge in [0.15, 0.2) is 12.1 Å². The molecule has 0 radical (unpaired) electrons. The first-order chi connectivity index (χ1) is 19.3. The monoisotopic (exact) mass is 574 g/mol. The molecule has 0 spiro atoms. The number of fused-ring (bicyclic) bond motifs is 6. The van der Waals surface area contributed by atoms with Gasteiger partial charge in [0.05, 0.1) is 34.9 Å². The Balaban J connectivity index is 1.08. The Morgan fingerprint density at radius 2 is 1.78 bits per heavy atom. The lowest BCUT2D eigenvalue weighted by Gasteiger charge is -2.65. The van der Waals surface area contributed by atoms with E-state index in [2.05, 4.69) is 6.92 Å². The minimum absolute atomic E-state index is 0.0739.